The molecule has 218 valence electrons. The molecule has 4 atom stereocenters. The summed E-state index contributed by atoms with van der Waals surface area (Å²) in [6.07, 6.45) is -3.74. The van der Waals surface area contributed by atoms with Gasteiger partial charge < -0.3 is 24.1 Å². The quantitative estimate of drug-likeness (QED) is 0.257. The van der Waals surface area contributed by atoms with Crippen LogP contribution in [0.5, 0.6) is 0 Å². The number of carboxylic acids is 1. The van der Waals surface area contributed by atoms with E-state index >= 15 is 0 Å². The number of esters is 3. The summed E-state index contributed by atoms with van der Waals surface area (Å²) in [6, 6.07) is 15.9. The summed E-state index contributed by atoms with van der Waals surface area (Å²) in [7, 11) is 0. The monoisotopic (exact) mass is 586 g/mol. The number of carbonyl (C=O) groups excluding carboxylic acids is 3. The van der Waals surface area contributed by atoms with E-state index in [9.17, 15) is 19.2 Å². The van der Waals surface area contributed by atoms with Gasteiger partial charge in [-0.1, -0.05) is 30.3 Å². The first-order valence-corrected chi connectivity index (χ1v) is 13.0. The molecule has 3 aromatic rings. The van der Waals surface area contributed by atoms with Gasteiger partial charge in [0.2, 0.25) is 0 Å². The van der Waals surface area contributed by atoms with Crippen LogP contribution in [-0.4, -0.2) is 63.0 Å². The van der Waals surface area contributed by atoms with Gasteiger partial charge in [0.25, 0.3) is 11.5 Å². The van der Waals surface area contributed by atoms with Crippen molar-refractivity contribution >= 4 is 47.0 Å². The van der Waals surface area contributed by atoms with Crippen LogP contribution in [0.3, 0.4) is 0 Å². The topological polar surface area (TPSA) is 152 Å². The fourth-order valence-corrected chi connectivity index (χ4v) is 4.85. The molecule has 12 nitrogen and oxygen atoms in total. The number of hydrogen-bond acceptors (Lipinski definition) is 10. The summed E-state index contributed by atoms with van der Waals surface area (Å²) in [5, 5.41) is 7.81. The Morgan fingerprint density at radius 2 is 1.51 bits per heavy atom. The van der Waals surface area contributed by atoms with Crippen LogP contribution in [0.2, 0.25) is 0 Å². The lowest BCUT2D eigenvalue weighted by Crippen LogP contribution is -2.52. The Morgan fingerprint density at radius 3 is 2.10 bits per heavy atom. The van der Waals surface area contributed by atoms with Gasteiger partial charge in [0, 0.05) is 34.1 Å². The summed E-state index contributed by atoms with van der Waals surface area (Å²) in [5.74, 6) is -2.59. The molecule has 1 aliphatic rings. The molecule has 0 radical (unpaired) electrons. The predicted octanol–water partition coefficient (Wildman–Crippen LogP) is 3.33. The van der Waals surface area contributed by atoms with Crippen molar-refractivity contribution in [3.63, 3.8) is 0 Å². The first-order valence-electron chi connectivity index (χ1n) is 12.5. The lowest BCUT2D eigenvalue weighted by molar-refractivity contribution is -0.226. The molecule has 2 heterocycles. The van der Waals surface area contributed by atoms with Crippen LogP contribution in [0, 0.1) is 4.77 Å². The van der Waals surface area contributed by atoms with E-state index < -0.39 is 48.4 Å². The largest absolute Gasteiger partial charge is 0.481 e. The van der Waals surface area contributed by atoms with Gasteiger partial charge >= 0.3 is 17.9 Å². The Bertz CT molecular complexity index is 1540. The lowest BCUT2D eigenvalue weighted by Gasteiger charge is -2.41. The molecule has 2 aromatic carbocycles. The SMILES string of the molecule is CC(=O)O.CC(=O)OCC1OC(n2c(=S)n(-c3ccccc3)c(=O)c3ccccc32)CC(OC(C)=O)C1OC(C)=O. The Morgan fingerprint density at radius 1 is 0.927 bits per heavy atom. The van der Waals surface area contributed by atoms with E-state index in [4.69, 9.17) is 41.1 Å². The van der Waals surface area contributed by atoms with E-state index in [1.165, 1.54) is 25.3 Å². The molecule has 1 fully saturated rings. The third kappa shape index (κ3) is 7.86. The summed E-state index contributed by atoms with van der Waals surface area (Å²) in [6.45, 7) is 4.53. The minimum Gasteiger partial charge on any atom is -0.481 e. The van der Waals surface area contributed by atoms with Crippen molar-refractivity contribution in [3.8, 4) is 5.69 Å². The van der Waals surface area contributed by atoms with Crippen LogP contribution in [0.4, 0.5) is 0 Å². The van der Waals surface area contributed by atoms with Crippen LogP contribution < -0.4 is 5.56 Å². The number of hydrogen-bond donors (Lipinski definition) is 1. The number of aromatic nitrogens is 2. The molecule has 0 aliphatic carbocycles. The van der Waals surface area contributed by atoms with Gasteiger partial charge in [0.1, 0.15) is 25.0 Å². The van der Waals surface area contributed by atoms with Crippen LogP contribution in [0.25, 0.3) is 16.6 Å². The number of aliphatic carboxylic acids is 1. The highest BCUT2D eigenvalue weighted by Crippen LogP contribution is 2.34. The molecule has 0 spiro atoms. The lowest BCUT2D eigenvalue weighted by atomic mass is 10.00. The van der Waals surface area contributed by atoms with Gasteiger partial charge in [0.05, 0.1) is 16.6 Å². The van der Waals surface area contributed by atoms with Gasteiger partial charge in [-0.3, -0.25) is 33.1 Å². The number of rotatable bonds is 6. The van der Waals surface area contributed by atoms with Crippen molar-refractivity contribution in [2.75, 3.05) is 6.61 Å². The molecule has 13 heteroatoms. The van der Waals surface area contributed by atoms with Crippen molar-refractivity contribution in [1.29, 1.82) is 0 Å². The third-order valence-electron chi connectivity index (χ3n) is 5.87. The van der Waals surface area contributed by atoms with E-state index in [1.807, 2.05) is 6.07 Å². The zero-order chi connectivity index (χ0) is 30.3. The molecule has 1 saturated heterocycles. The van der Waals surface area contributed by atoms with Crippen LogP contribution in [0.15, 0.2) is 59.4 Å². The molecule has 41 heavy (non-hydrogen) atoms. The Labute approximate surface area is 240 Å². The second-order valence-corrected chi connectivity index (χ2v) is 9.42. The smallest absolute Gasteiger partial charge is 0.303 e. The maximum absolute atomic E-state index is 13.5. The minimum atomic E-state index is -1.03. The van der Waals surface area contributed by atoms with E-state index in [0.717, 1.165) is 6.92 Å². The molecular formula is C28H30N2O10S. The minimum absolute atomic E-state index is 0.0550. The Hall–Kier alpha value is -4.36. The number of fused-ring (bicyclic) bond motifs is 1. The predicted molar refractivity (Wildman–Crippen MR) is 148 cm³/mol. The number of benzene rings is 2. The highest BCUT2D eigenvalue weighted by atomic mass is 32.1. The second-order valence-electron chi connectivity index (χ2n) is 9.05. The number of carboxylic acid groups (broad SMARTS) is 1. The number of ether oxygens (including phenoxy) is 4. The first-order chi connectivity index (χ1) is 19.4. The summed E-state index contributed by atoms with van der Waals surface area (Å²) in [5.41, 5.74) is 0.775. The van der Waals surface area contributed by atoms with Gasteiger partial charge in [0.15, 0.2) is 10.9 Å². The third-order valence-corrected chi connectivity index (χ3v) is 6.25. The zero-order valence-corrected chi connectivity index (χ0v) is 23.7. The van der Waals surface area contributed by atoms with Crippen molar-refractivity contribution in [1.82, 2.24) is 9.13 Å². The van der Waals surface area contributed by atoms with Crippen LogP contribution in [-0.2, 0) is 38.1 Å². The number of nitrogens with zero attached hydrogens (tertiary/aromatic N) is 2. The molecule has 1 aliphatic heterocycles. The van der Waals surface area contributed by atoms with E-state index in [0.29, 0.717) is 16.6 Å². The second kappa shape index (κ2) is 13.8. The van der Waals surface area contributed by atoms with Crippen LogP contribution >= 0.6 is 12.2 Å². The first kappa shape index (κ1) is 31.2. The zero-order valence-electron chi connectivity index (χ0n) is 22.8. The molecule has 4 rings (SSSR count). The van der Waals surface area contributed by atoms with Crippen molar-refractivity contribution in [2.45, 2.75) is 58.7 Å². The average molecular weight is 587 g/mol. The molecule has 0 saturated carbocycles. The summed E-state index contributed by atoms with van der Waals surface area (Å²) < 4.78 is 25.7. The van der Waals surface area contributed by atoms with E-state index in [-0.39, 0.29) is 23.4 Å². The fraction of sp³-hybridized carbons (Fsp3) is 0.357. The Kier molecular flexibility index (Phi) is 10.5. The van der Waals surface area contributed by atoms with Crippen molar-refractivity contribution in [3.05, 3.63) is 69.7 Å². The standard InChI is InChI=1S/C26H26N2O8S.C2H4O2/c1-15(29)33-14-22-24(35-17(3)31)21(34-16(2)30)13-23(36-22)28-20-12-8-7-11-19(20)25(32)27(26(28)37)18-9-5-4-6-10-18;1-2(3)4/h4-12,21-24H,13-14H2,1-3H3;1H3,(H,3,4). The van der Waals surface area contributed by atoms with Gasteiger partial charge in [-0.05, 0) is 36.5 Å². The molecule has 4 unspecified atom stereocenters. The van der Waals surface area contributed by atoms with Gasteiger partial charge in [-0.2, -0.15) is 0 Å². The number of para-hydroxylation sites is 2. The van der Waals surface area contributed by atoms with E-state index in [1.54, 1.807) is 53.1 Å². The fourth-order valence-electron chi connectivity index (χ4n) is 4.44. The number of carbonyl (C=O) groups is 4. The Balaban J connectivity index is 0.00000108. The molecule has 0 amide bonds. The molecule has 1 N–H and O–H groups in total. The van der Waals surface area contributed by atoms with Crippen LogP contribution in [0.1, 0.15) is 40.3 Å². The summed E-state index contributed by atoms with van der Waals surface area (Å²) in [4.78, 5) is 57.9. The van der Waals surface area contributed by atoms with Crippen molar-refractivity contribution < 1.29 is 43.2 Å². The maximum atomic E-state index is 13.5. The van der Waals surface area contributed by atoms with E-state index in [2.05, 4.69) is 0 Å². The highest BCUT2D eigenvalue weighted by molar-refractivity contribution is 7.71. The summed E-state index contributed by atoms with van der Waals surface area (Å²) >= 11 is 5.81. The van der Waals surface area contributed by atoms with Gasteiger partial charge in [-0.25, -0.2) is 0 Å². The molecular weight excluding hydrogens is 556 g/mol. The van der Waals surface area contributed by atoms with Gasteiger partial charge in [-0.15, -0.1) is 0 Å². The normalized spacial score (nSPS) is 19.8. The average Bonchev–Trinajstić information content (AvgIpc) is 2.89. The molecule has 0 bridgehead atoms. The highest BCUT2D eigenvalue weighted by Gasteiger charge is 2.44. The van der Waals surface area contributed by atoms with Crippen molar-refractivity contribution in [2.24, 2.45) is 0 Å². The maximum Gasteiger partial charge on any atom is 0.303 e. The molecule has 1 aromatic heterocycles.